The Labute approximate surface area is 117 Å². The lowest BCUT2D eigenvalue weighted by atomic mass is 10.1. The molecule has 0 fully saturated rings. The van der Waals surface area contributed by atoms with Gasteiger partial charge in [-0.05, 0) is 29.8 Å². The lowest BCUT2D eigenvalue weighted by molar-refractivity contribution is 0.0698. The van der Waals surface area contributed by atoms with Crippen LogP contribution >= 0.6 is 0 Å². The fraction of sp³-hybridized carbons (Fsp3) is 0.133. The summed E-state index contributed by atoms with van der Waals surface area (Å²) in [5.74, 6) is -0.239. The number of benzene rings is 2. The Kier molecular flexibility index (Phi) is 4.10. The quantitative estimate of drug-likeness (QED) is 0.728. The minimum atomic E-state index is -1.03. The molecule has 4 N–H and O–H groups in total. The van der Waals surface area contributed by atoms with E-state index in [4.69, 9.17) is 15.6 Å². The first-order valence-electron chi connectivity index (χ1n) is 6.10. The van der Waals surface area contributed by atoms with Gasteiger partial charge >= 0.3 is 5.97 Å². The van der Waals surface area contributed by atoms with E-state index >= 15 is 0 Å². The second kappa shape index (κ2) is 5.97. The van der Waals surface area contributed by atoms with E-state index in [0.29, 0.717) is 12.2 Å². The van der Waals surface area contributed by atoms with Crippen LogP contribution in [0.4, 0.5) is 11.4 Å². The number of para-hydroxylation sites is 1. The molecular formula is C15H16N2O3. The van der Waals surface area contributed by atoms with Crippen molar-refractivity contribution in [3.8, 4) is 5.75 Å². The number of hydrogen-bond acceptors (Lipinski definition) is 4. The smallest absolute Gasteiger partial charge is 0.337 e. The summed E-state index contributed by atoms with van der Waals surface area (Å²) in [6, 6.07) is 12.5. The van der Waals surface area contributed by atoms with Crippen molar-refractivity contribution in [1.82, 2.24) is 0 Å². The monoisotopic (exact) mass is 272 g/mol. The van der Waals surface area contributed by atoms with Crippen molar-refractivity contribution in [2.45, 2.75) is 6.54 Å². The summed E-state index contributed by atoms with van der Waals surface area (Å²) in [5.41, 5.74) is 7.84. The third-order valence-corrected chi connectivity index (χ3v) is 2.98. The number of ether oxygens (including phenoxy) is 1. The van der Waals surface area contributed by atoms with E-state index in [9.17, 15) is 4.79 Å². The first-order chi connectivity index (χ1) is 9.61. The van der Waals surface area contributed by atoms with Gasteiger partial charge in [0.2, 0.25) is 0 Å². The second-order valence-corrected chi connectivity index (χ2v) is 4.27. The summed E-state index contributed by atoms with van der Waals surface area (Å²) in [7, 11) is 1.62. The van der Waals surface area contributed by atoms with Gasteiger partial charge in [-0.1, -0.05) is 18.2 Å². The molecule has 0 amide bonds. The van der Waals surface area contributed by atoms with Crippen LogP contribution in [0.2, 0.25) is 0 Å². The number of nitrogens with one attached hydrogen (secondary N) is 1. The van der Waals surface area contributed by atoms with Gasteiger partial charge in [0.05, 0.1) is 24.0 Å². The molecule has 0 radical (unpaired) electrons. The van der Waals surface area contributed by atoms with E-state index in [1.807, 2.05) is 24.3 Å². The van der Waals surface area contributed by atoms with Crippen LogP contribution in [0.25, 0.3) is 0 Å². The second-order valence-electron chi connectivity index (χ2n) is 4.27. The minimum absolute atomic E-state index is 0.102. The van der Waals surface area contributed by atoms with Gasteiger partial charge in [0.15, 0.2) is 0 Å². The highest BCUT2D eigenvalue weighted by Crippen LogP contribution is 2.23. The van der Waals surface area contributed by atoms with Crippen LogP contribution in [-0.2, 0) is 6.54 Å². The largest absolute Gasteiger partial charge is 0.497 e. The number of nitrogens with two attached hydrogens (primary N) is 1. The van der Waals surface area contributed by atoms with Gasteiger partial charge < -0.3 is 20.9 Å². The van der Waals surface area contributed by atoms with E-state index in [1.165, 1.54) is 6.07 Å². The van der Waals surface area contributed by atoms with Crippen molar-refractivity contribution in [3.05, 3.63) is 53.6 Å². The summed E-state index contributed by atoms with van der Waals surface area (Å²) in [5, 5.41) is 12.1. The number of anilines is 2. The molecule has 0 aliphatic heterocycles. The zero-order valence-corrected chi connectivity index (χ0v) is 11.1. The van der Waals surface area contributed by atoms with Crippen molar-refractivity contribution >= 4 is 17.3 Å². The first-order valence-corrected chi connectivity index (χ1v) is 6.10. The van der Waals surface area contributed by atoms with Gasteiger partial charge in [-0.25, -0.2) is 4.79 Å². The molecule has 2 aromatic rings. The normalized spacial score (nSPS) is 10.1. The number of nitrogen functional groups attached to an aromatic ring is 1. The molecule has 2 aromatic carbocycles. The maximum absolute atomic E-state index is 11.0. The molecule has 0 aromatic heterocycles. The predicted octanol–water partition coefficient (Wildman–Crippen LogP) is 2.59. The molecule has 0 unspecified atom stereocenters. The lowest BCUT2D eigenvalue weighted by Crippen LogP contribution is -2.07. The Morgan fingerprint density at radius 1 is 1.25 bits per heavy atom. The van der Waals surface area contributed by atoms with Crippen molar-refractivity contribution in [2.75, 3.05) is 18.2 Å². The Morgan fingerprint density at radius 2 is 1.95 bits per heavy atom. The fourth-order valence-electron chi connectivity index (χ4n) is 1.85. The van der Waals surface area contributed by atoms with Crippen LogP contribution in [-0.4, -0.2) is 18.2 Å². The van der Waals surface area contributed by atoms with Gasteiger partial charge in [-0.2, -0.15) is 0 Å². The molecule has 0 spiro atoms. The number of carbonyl (C=O) groups is 1. The summed E-state index contributed by atoms with van der Waals surface area (Å²) in [6.07, 6.45) is 0. The predicted molar refractivity (Wildman–Crippen MR) is 78.1 cm³/mol. The summed E-state index contributed by atoms with van der Waals surface area (Å²) in [4.78, 5) is 11.0. The third kappa shape index (κ3) is 3.00. The molecule has 104 valence electrons. The Balaban J connectivity index is 2.10. The standard InChI is InChI=1S/C15H16N2O3/c1-20-11-7-5-10(6-8-11)9-17-13-4-2-3-12(14(13)16)15(18)19/h2-8,17H,9,16H2,1H3,(H,18,19). The van der Waals surface area contributed by atoms with E-state index < -0.39 is 5.97 Å². The Hall–Kier alpha value is -2.69. The molecule has 2 rings (SSSR count). The summed E-state index contributed by atoms with van der Waals surface area (Å²) >= 11 is 0. The highest BCUT2D eigenvalue weighted by molar-refractivity contribution is 5.97. The zero-order chi connectivity index (χ0) is 14.5. The zero-order valence-electron chi connectivity index (χ0n) is 11.1. The number of hydrogen-bond donors (Lipinski definition) is 3. The van der Waals surface area contributed by atoms with Crippen molar-refractivity contribution in [3.63, 3.8) is 0 Å². The molecule has 0 bridgehead atoms. The van der Waals surface area contributed by atoms with Crippen molar-refractivity contribution < 1.29 is 14.6 Å². The van der Waals surface area contributed by atoms with Crippen LogP contribution in [0.15, 0.2) is 42.5 Å². The van der Waals surface area contributed by atoms with Crippen LogP contribution in [0.5, 0.6) is 5.75 Å². The number of aromatic carboxylic acids is 1. The maximum atomic E-state index is 11.0. The average Bonchev–Trinajstić information content (AvgIpc) is 2.46. The maximum Gasteiger partial charge on any atom is 0.337 e. The molecule has 5 nitrogen and oxygen atoms in total. The topological polar surface area (TPSA) is 84.6 Å². The SMILES string of the molecule is COc1ccc(CNc2cccc(C(=O)O)c2N)cc1. The van der Waals surface area contributed by atoms with E-state index in [2.05, 4.69) is 5.32 Å². The molecule has 5 heteroatoms. The molecule has 0 saturated carbocycles. The fourth-order valence-corrected chi connectivity index (χ4v) is 1.85. The number of methoxy groups -OCH3 is 1. The molecule has 0 aliphatic rings. The van der Waals surface area contributed by atoms with E-state index in [-0.39, 0.29) is 11.3 Å². The number of carboxylic acids is 1. The van der Waals surface area contributed by atoms with Gasteiger partial charge in [0, 0.05) is 6.54 Å². The van der Waals surface area contributed by atoms with Crippen molar-refractivity contribution in [1.29, 1.82) is 0 Å². The van der Waals surface area contributed by atoms with Crippen molar-refractivity contribution in [2.24, 2.45) is 0 Å². The van der Waals surface area contributed by atoms with Crippen LogP contribution < -0.4 is 15.8 Å². The first kappa shape index (κ1) is 13.7. The highest BCUT2D eigenvalue weighted by Gasteiger charge is 2.10. The Bertz CT molecular complexity index is 609. The average molecular weight is 272 g/mol. The number of rotatable bonds is 5. The van der Waals surface area contributed by atoms with Crippen LogP contribution in [0.1, 0.15) is 15.9 Å². The summed E-state index contributed by atoms with van der Waals surface area (Å²) < 4.78 is 5.09. The van der Waals surface area contributed by atoms with Gasteiger partial charge in [-0.3, -0.25) is 0 Å². The lowest BCUT2D eigenvalue weighted by Gasteiger charge is -2.11. The van der Waals surface area contributed by atoms with Crippen LogP contribution in [0.3, 0.4) is 0 Å². The molecule has 0 atom stereocenters. The Morgan fingerprint density at radius 3 is 2.55 bits per heavy atom. The molecule has 0 heterocycles. The highest BCUT2D eigenvalue weighted by atomic mass is 16.5. The van der Waals surface area contributed by atoms with Gasteiger partial charge in [-0.15, -0.1) is 0 Å². The molecule has 0 saturated heterocycles. The molecular weight excluding hydrogens is 256 g/mol. The third-order valence-electron chi connectivity index (χ3n) is 2.98. The van der Waals surface area contributed by atoms with Gasteiger partial charge in [0.1, 0.15) is 5.75 Å². The van der Waals surface area contributed by atoms with E-state index in [0.717, 1.165) is 11.3 Å². The van der Waals surface area contributed by atoms with E-state index in [1.54, 1.807) is 19.2 Å². The minimum Gasteiger partial charge on any atom is -0.497 e. The molecule has 0 aliphatic carbocycles. The molecule has 20 heavy (non-hydrogen) atoms. The van der Waals surface area contributed by atoms with Gasteiger partial charge in [0.25, 0.3) is 0 Å². The summed E-state index contributed by atoms with van der Waals surface area (Å²) in [6.45, 7) is 0.553. The number of carboxylic acid groups (broad SMARTS) is 1. The van der Waals surface area contributed by atoms with Crippen LogP contribution in [0, 0.1) is 0 Å².